The van der Waals surface area contributed by atoms with Crippen molar-refractivity contribution in [1.82, 2.24) is 9.97 Å². The van der Waals surface area contributed by atoms with E-state index in [0.29, 0.717) is 23.5 Å². The van der Waals surface area contributed by atoms with Crippen LogP contribution in [0, 0.1) is 6.92 Å². The molecule has 0 fully saturated rings. The number of rotatable bonds is 6. The number of anilines is 2. The number of pyridine rings is 1. The minimum atomic E-state index is -0.357. The summed E-state index contributed by atoms with van der Waals surface area (Å²) in [6.07, 6.45) is 2.12. The molecule has 0 bridgehead atoms. The fourth-order valence-electron chi connectivity index (χ4n) is 2.39. The molecule has 3 rings (SSSR count). The van der Waals surface area contributed by atoms with Gasteiger partial charge < -0.3 is 10.3 Å². The quantitative estimate of drug-likeness (QED) is 0.610. The maximum atomic E-state index is 12.1. The van der Waals surface area contributed by atoms with Gasteiger partial charge in [0.1, 0.15) is 0 Å². The molecular weight excluding hydrogens is 364 g/mol. The highest BCUT2D eigenvalue weighted by Crippen LogP contribution is 2.18. The van der Waals surface area contributed by atoms with E-state index >= 15 is 0 Å². The summed E-state index contributed by atoms with van der Waals surface area (Å²) in [4.78, 5) is 42.0. The van der Waals surface area contributed by atoms with Gasteiger partial charge >= 0.3 is 0 Å². The van der Waals surface area contributed by atoms with Crippen molar-refractivity contribution in [2.24, 2.45) is 0 Å². The molecule has 1 aromatic carbocycles. The van der Waals surface area contributed by atoms with Gasteiger partial charge in [-0.15, -0.1) is 11.3 Å². The molecule has 0 aliphatic rings. The van der Waals surface area contributed by atoms with Crippen LogP contribution in [0.1, 0.15) is 28.0 Å². The summed E-state index contributed by atoms with van der Waals surface area (Å²) >= 11 is 1.29. The lowest BCUT2D eigenvalue weighted by molar-refractivity contribution is -0.116. The summed E-state index contributed by atoms with van der Waals surface area (Å²) in [5.41, 5.74) is 2.65. The van der Waals surface area contributed by atoms with Crippen LogP contribution in [0.2, 0.25) is 0 Å². The van der Waals surface area contributed by atoms with Crippen molar-refractivity contribution in [3.05, 3.63) is 75.1 Å². The summed E-state index contributed by atoms with van der Waals surface area (Å²) in [6.45, 7) is 1.97. The lowest BCUT2D eigenvalue weighted by Gasteiger charge is -2.05. The fraction of sp³-hybridized carbons (Fsp3) is 0.158. The van der Waals surface area contributed by atoms with Crippen molar-refractivity contribution in [1.29, 1.82) is 0 Å². The van der Waals surface area contributed by atoms with Crippen molar-refractivity contribution < 1.29 is 9.59 Å². The molecule has 0 saturated carbocycles. The van der Waals surface area contributed by atoms with Gasteiger partial charge in [-0.1, -0.05) is 12.1 Å². The van der Waals surface area contributed by atoms with Gasteiger partial charge in [-0.2, -0.15) is 0 Å². The van der Waals surface area contributed by atoms with Gasteiger partial charge in [0, 0.05) is 29.8 Å². The Hall–Kier alpha value is -3.26. The van der Waals surface area contributed by atoms with E-state index in [1.165, 1.54) is 29.7 Å². The second-order valence-corrected chi connectivity index (χ2v) is 6.82. The smallest absolute Gasteiger partial charge is 0.258 e. The summed E-state index contributed by atoms with van der Waals surface area (Å²) in [5.74, 6) is -0.447. The molecule has 0 radical (unpaired) electrons. The van der Waals surface area contributed by atoms with Crippen molar-refractivity contribution in [3.63, 3.8) is 0 Å². The molecular formula is C19H18N4O3S. The second kappa shape index (κ2) is 8.41. The third kappa shape index (κ3) is 5.35. The molecule has 2 heterocycles. The molecule has 2 amide bonds. The Bertz CT molecular complexity index is 1010. The number of hydrogen-bond acceptors (Lipinski definition) is 5. The molecule has 0 unspecified atom stereocenters. The van der Waals surface area contributed by atoms with Gasteiger partial charge in [-0.3, -0.25) is 19.7 Å². The summed E-state index contributed by atoms with van der Waals surface area (Å²) in [5, 5.41) is 7.79. The number of thiazole rings is 1. The molecule has 2 aromatic heterocycles. The molecule has 0 saturated heterocycles. The van der Waals surface area contributed by atoms with E-state index in [-0.39, 0.29) is 17.4 Å². The van der Waals surface area contributed by atoms with E-state index in [4.69, 9.17) is 0 Å². The highest BCUT2D eigenvalue weighted by atomic mass is 32.1. The third-order valence-electron chi connectivity index (χ3n) is 3.73. The van der Waals surface area contributed by atoms with Gasteiger partial charge in [0.2, 0.25) is 11.5 Å². The Morgan fingerprint density at radius 3 is 2.78 bits per heavy atom. The number of aromatic nitrogens is 2. The Kier molecular flexibility index (Phi) is 5.77. The standard InChI is InChI=1S/C19H18N4O3S/c1-12-3-2-4-14(9-12)21-17(25)8-6-15-11-27-19(22-15)23-18(26)13-5-7-16(24)20-10-13/h2-5,7,9-11H,6,8H2,1H3,(H,20,24)(H,21,25)(H,22,23,26). The second-order valence-electron chi connectivity index (χ2n) is 5.96. The number of carbonyl (C=O) groups is 2. The molecule has 8 heteroatoms. The zero-order valence-corrected chi connectivity index (χ0v) is 15.4. The van der Waals surface area contributed by atoms with E-state index in [1.54, 1.807) is 0 Å². The SMILES string of the molecule is Cc1cccc(NC(=O)CCc2csc(NC(=O)c3ccc(=O)[nH]c3)n2)c1. The molecule has 7 nitrogen and oxygen atoms in total. The predicted octanol–water partition coefficient (Wildman–Crippen LogP) is 2.96. The largest absolute Gasteiger partial charge is 0.328 e. The Morgan fingerprint density at radius 2 is 2.04 bits per heavy atom. The van der Waals surface area contributed by atoms with Crippen LogP contribution in [0.4, 0.5) is 10.8 Å². The van der Waals surface area contributed by atoms with Gasteiger partial charge in [0.05, 0.1) is 11.3 Å². The number of hydrogen-bond donors (Lipinski definition) is 3. The average molecular weight is 382 g/mol. The maximum absolute atomic E-state index is 12.1. The number of aromatic amines is 1. The van der Waals surface area contributed by atoms with Crippen LogP contribution < -0.4 is 16.2 Å². The van der Waals surface area contributed by atoms with Crippen molar-refractivity contribution in [2.45, 2.75) is 19.8 Å². The molecule has 138 valence electrons. The van der Waals surface area contributed by atoms with Crippen LogP contribution in [-0.4, -0.2) is 21.8 Å². The predicted molar refractivity (Wildman–Crippen MR) is 105 cm³/mol. The molecule has 27 heavy (non-hydrogen) atoms. The van der Waals surface area contributed by atoms with Gasteiger partial charge in [-0.25, -0.2) is 4.98 Å². The van der Waals surface area contributed by atoms with Gasteiger partial charge in [0.15, 0.2) is 5.13 Å². The molecule has 0 aliphatic carbocycles. The summed E-state index contributed by atoms with van der Waals surface area (Å²) in [7, 11) is 0. The van der Waals surface area contributed by atoms with Crippen molar-refractivity contribution >= 4 is 34.0 Å². The van der Waals surface area contributed by atoms with E-state index in [2.05, 4.69) is 20.6 Å². The van der Waals surface area contributed by atoms with Crippen LogP contribution in [0.15, 0.2) is 52.8 Å². The lowest BCUT2D eigenvalue weighted by atomic mass is 10.2. The number of aryl methyl sites for hydroxylation is 2. The van der Waals surface area contributed by atoms with Crippen LogP contribution in [0.3, 0.4) is 0 Å². The number of nitrogens with one attached hydrogen (secondary N) is 3. The first kappa shape index (κ1) is 18.5. The van der Waals surface area contributed by atoms with Crippen LogP contribution in [0.5, 0.6) is 0 Å². The van der Waals surface area contributed by atoms with Crippen molar-refractivity contribution in [2.75, 3.05) is 10.6 Å². The molecule has 0 aliphatic heterocycles. The average Bonchev–Trinajstić information content (AvgIpc) is 3.08. The first-order valence-corrected chi connectivity index (χ1v) is 9.18. The molecule has 0 spiro atoms. The minimum absolute atomic E-state index is 0.0903. The van der Waals surface area contributed by atoms with E-state index in [0.717, 1.165) is 16.9 Å². The first-order chi connectivity index (χ1) is 13.0. The van der Waals surface area contributed by atoms with Gasteiger partial charge in [0.25, 0.3) is 5.91 Å². The van der Waals surface area contributed by atoms with Crippen molar-refractivity contribution in [3.8, 4) is 0 Å². The van der Waals surface area contributed by atoms with E-state index in [9.17, 15) is 14.4 Å². The Morgan fingerprint density at radius 1 is 1.19 bits per heavy atom. The number of benzene rings is 1. The Balaban J connectivity index is 1.51. The van der Waals surface area contributed by atoms with Crippen LogP contribution >= 0.6 is 11.3 Å². The fourth-order valence-corrected chi connectivity index (χ4v) is 3.13. The normalized spacial score (nSPS) is 10.4. The molecule has 3 aromatic rings. The zero-order chi connectivity index (χ0) is 19.2. The maximum Gasteiger partial charge on any atom is 0.258 e. The molecule has 3 N–H and O–H groups in total. The Labute approximate surface area is 159 Å². The van der Waals surface area contributed by atoms with Gasteiger partial charge in [-0.05, 0) is 37.1 Å². The summed E-state index contributed by atoms with van der Waals surface area (Å²) < 4.78 is 0. The highest BCUT2D eigenvalue weighted by Gasteiger charge is 2.10. The minimum Gasteiger partial charge on any atom is -0.328 e. The van der Waals surface area contributed by atoms with E-state index < -0.39 is 0 Å². The first-order valence-electron chi connectivity index (χ1n) is 8.30. The zero-order valence-electron chi connectivity index (χ0n) is 14.6. The highest BCUT2D eigenvalue weighted by molar-refractivity contribution is 7.14. The number of nitrogens with zero attached hydrogens (tertiary/aromatic N) is 1. The van der Waals surface area contributed by atoms with E-state index in [1.807, 2.05) is 36.6 Å². The van der Waals surface area contributed by atoms with Crippen LogP contribution in [-0.2, 0) is 11.2 Å². The van der Waals surface area contributed by atoms with Crippen LogP contribution in [0.25, 0.3) is 0 Å². The lowest BCUT2D eigenvalue weighted by Crippen LogP contribution is -2.14. The third-order valence-corrected chi connectivity index (χ3v) is 4.54. The number of H-pyrrole nitrogens is 1. The summed E-state index contributed by atoms with van der Waals surface area (Å²) in [6, 6.07) is 10.3. The molecule has 0 atom stereocenters. The monoisotopic (exact) mass is 382 g/mol. The number of carbonyl (C=O) groups excluding carboxylic acids is 2. The topological polar surface area (TPSA) is 104 Å². The number of amides is 2.